The van der Waals surface area contributed by atoms with Gasteiger partial charge in [-0.25, -0.2) is 14.6 Å². The third kappa shape index (κ3) is 3.11. The molecule has 0 saturated heterocycles. The van der Waals surface area contributed by atoms with Gasteiger partial charge in [0.2, 0.25) is 12.2 Å². The average Bonchev–Trinajstić information content (AvgIpc) is 2.64. The zero-order valence-electron chi connectivity index (χ0n) is 13.3. The molecule has 0 atom stereocenters. The van der Waals surface area contributed by atoms with Gasteiger partial charge in [-0.05, 0) is 48.9 Å². The van der Waals surface area contributed by atoms with Crippen LogP contribution in [0.1, 0.15) is 36.8 Å². The summed E-state index contributed by atoms with van der Waals surface area (Å²) in [5.74, 6) is 0. The van der Waals surface area contributed by atoms with Crippen molar-refractivity contribution in [3.8, 4) is 0 Å². The molecule has 0 aliphatic heterocycles. The Hall–Kier alpha value is -2.80. The maximum atomic E-state index is 10.5. The van der Waals surface area contributed by atoms with Crippen LogP contribution in [0.5, 0.6) is 0 Å². The van der Waals surface area contributed by atoms with Crippen LogP contribution >= 0.6 is 0 Å². The Morgan fingerprint density at radius 1 is 0.833 bits per heavy atom. The molecule has 24 heavy (non-hydrogen) atoms. The summed E-state index contributed by atoms with van der Waals surface area (Å²) in [6, 6.07) is 18.3. The Balaban J connectivity index is 2.00. The highest BCUT2D eigenvalue weighted by Crippen LogP contribution is 2.45. The molecule has 1 saturated carbocycles. The Bertz CT molecular complexity index is 778. The van der Waals surface area contributed by atoms with Crippen LogP contribution < -0.4 is 0 Å². The first-order valence-electron chi connectivity index (χ1n) is 8.09. The van der Waals surface area contributed by atoms with E-state index < -0.39 is 0 Å². The molecule has 0 radical (unpaired) electrons. The summed E-state index contributed by atoms with van der Waals surface area (Å²) in [4.78, 5) is 28.5. The van der Waals surface area contributed by atoms with Crippen LogP contribution in [-0.4, -0.2) is 18.2 Å². The van der Waals surface area contributed by atoms with Gasteiger partial charge < -0.3 is 0 Å². The number of benzene rings is 2. The van der Waals surface area contributed by atoms with Gasteiger partial charge in [-0.15, -0.1) is 0 Å². The standard InChI is InChI=1S/C20H18N2O2/c23-14-21-18-8-6-17(7-9-18)20(16-4-2-1-3-5-16)12-10-19(11-13-20)22-15-24/h1-9,19H,10-13H2. The lowest BCUT2D eigenvalue weighted by Crippen LogP contribution is -2.34. The number of rotatable bonds is 4. The quantitative estimate of drug-likeness (QED) is 0.626. The highest BCUT2D eigenvalue weighted by Gasteiger charge is 2.38. The molecule has 1 aliphatic rings. The SMILES string of the molecule is O=C=Nc1ccc(C2(c3ccccc3)CCC(N=C=O)CC2)cc1. The molecule has 0 bridgehead atoms. The molecule has 2 aromatic carbocycles. The van der Waals surface area contributed by atoms with Gasteiger partial charge in [-0.1, -0.05) is 42.5 Å². The number of aliphatic imine (C=N–C) groups is 2. The Morgan fingerprint density at radius 3 is 2.04 bits per heavy atom. The third-order valence-electron chi connectivity index (χ3n) is 4.96. The smallest absolute Gasteiger partial charge is 0.211 e. The molecule has 3 rings (SSSR count). The fourth-order valence-corrected chi connectivity index (χ4v) is 3.71. The van der Waals surface area contributed by atoms with Gasteiger partial charge in [0.15, 0.2) is 0 Å². The molecule has 0 amide bonds. The fraction of sp³-hybridized carbons (Fsp3) is 0.300. The first-order valence-corrected chi connectivity index (χ1v) is 8.09. The van der Waals surface area contributed by atoms with Gasteiger partial charge >= 0.3 is 0 Å². The van der Waals surface area contributed by atoms with Crippen molar-refractivity contribution in [2.24, 2.45) is 9.98 Å². The van der Waals surface area contributed by atoms with Crippen molar-refractivity contribution in [2.75, 3.05) is 0 Å². The van der Waals surface area contributed by atoms with Crippen LogP contribution in [0.25, 0.3) is 0 Å². The van der Waals surface area contributed by atoms with Crippen LogP contribution in [0.2, 0.25) is 0 Å². The van der Waals surface area contributed by atoms with Gasteiger partial charge in [0.25, 0.3) is 0 Å². The van der Waals surface area contributed by atoms with Gasteiger partial charge in [0.1, 0.15) is 0 Å². The van der Waals surface area contributed by atoms with Crippen molar-refractivity contribution < 1.29 is 9.59 Å². The van der Waals surface area contributed by atoms with E-state index in [9.17, 15) is 9.59 Å². The van der Waals surface area contributed by atoms with E-state index in [1.807, 2.05) is 30.3 Å². The lowest BCUT2D eigenvalue weighted by molar-refractivity contribution is 0.316. The zero-order chi connectivity index (χ0) is 16.8. The molecule has 120 valence electrons. The molecular weight excluding hydrogens is 300 g/mol. The van der Waals surface area contributed by atoms with Crippen molar-refractivity contribution in [3.05, 3.63) is 65.7 Å². The summed E-state index contributed by atoms with van der Waals surface area (Å²) >= 11 is 0. The van der Waals surface area contributed by atoms with Crippen molar-refractivity contribution in [1.29, 1.82) is 0 Å². The summed E-state index contributed by atoms with van der Waals surface area (Å²) in [5.41, 5.74) is 2.98. The molecule has 1 aliphatic carbocycles. The molecule has 2 aromatic rings. The van der Waals surface area contributed by atoms with E-state index in [-0.39, 0.29) is 11.5 Å². The van der Waals surface area contributed by atoms with Gasteiger partial charge in [-0.2, -0.15) is 4.99 Å². The van der Waals surface area contributed by atoms with E-state index in [4.69, 9.17) is 0 Å². The van der Waals surface area contributed by atoms with Crippen LogP contribution in [0.3, 0.4) is 0 Å². The predicted octanol–water partition coefficient (Wildman–Crippen LogP) is 4.22. The molecule has 1 fully saturated rings. The van der Waals surface area contributed by atoms with Crippen molar-refractivity contribution in [2.45, 2.75) is 37.1 Å². The highest BCUT2D eigenvalue weighted by atomic mass is 16.1. The van der Waals surface area contributed by atoms with Gasteiger partial charge in [-0.3, -0.25) is 0 Å². The maximum Gasteiger partial charge on any atom is 0.240 e. The average molecular weight is 318 g/mol. The van der Waals surface area contributed by atoms with E-state index in [1.165, 1.54) is 11.1 Å². The number of carbonyl (C=O) groups excluding carboxylic acids is 2. The number of hydrogen-bond acceptors (Lipinski definition) is 4. The molecule has 0 heterocycles. The lowest BCUT2D eigenvalue weighted by atomic mass is 9.64. The largest absolute Gasteiger partial charge is 0.240 e. The van der Waals surface area contributed by atoms with Gasteiger partial charge in [0, 0.05) is 5.41 Å². The Kier molecular flexibility index (Phi) is 4.81. The Labute approximate surface area is 141 Å². The predicted molar refractivity (Wildman–Crippen MR) is 91.8 cm³/mol. The molecular formula is C20H18N2O2. The summed E-state index contributed by atoms with van der Waals surface area (Å²) in [6.07, 6.45) is 6.82. The minimum atomic E-state index is -0.0976. The highest BCUT2D eigenvalue weighted by molar-refractivity contribution is 5.51. The second-order valence-corrected chi connectivity index (χ2v) is 6.15. The van der Waals surface area contributed by atoms with E-state index in [2.05, 4.69) is 34.3 Å². The first-order chi connectivity index (χ1) is 11.8. The van der Waals surface area contributed by atoms with Crippen LogP contribution in [-0.2, 0) is 15.0 Å². The van der Waals surface area contributed by atoms with Crippen molar-refractivity contribution >= 4 is 17.8 Å². The fourth-order valence-electron chi connectivity index (χ4n) is 3.71. The van der Waals surface area contributed by atoms with Crippen molar-refractivity contribution in [3.63, 3.8) is 0 Å². The molecule has 0 unspecified atom stereocenters. The van der Waals surface area contributed by atoms with E-state index in [1.54, 1.807) is 12.2 Å². The number of isocyanates is 2. The summed E-state index contributed by atoms with van der Waals surface area (Å²) < 4.78 is 0. The van der Waals surface area contributed by atoms with Crippen LogP contribution in [0.4, 0.5) is 5.69 Å². The molecule has 0 aromatic heterocycles. The normalized spacial score (nSPS) is 22.9. The number of nitrogens with zero attached hydrogens (tertiary/aromatic N) is 2. The monoisotopic (exact) mass is 318 g/mol. The van der Waals surface area contributed by atoms with E-state index in [0.717, 1.165) is 25.7 Å². The summed E-state index contributed by atoms with van der Waals surface area (Å²) in [6.45, 7) is 0. The molecule has 4 nitrogen and oxygen atoms in total. The molecule has 0 spiro atoms. The van der Waals surface area contributed by atoms with E-state index in [0.29, 0.717) is 5.69 Å². The lowest BCUT2D eigenvalue weighted by Gasteiger charge is -2.40. The Morgan fingerprint density at radius 2 is 1.46 bits per heavy atom. The molecule has 4 heteroatoms. The zero-order valence-corrected chi connectivity index (χ0v) is 13.3. The van der Waals surface area contributed by atoms with Crippen LogP contribution in [0.15, 0.2) is 64.6 Å². The minimum absolute atomic E-state index is 0.0678. The summed E-state index contributed by atoms with van der Waals surface area (Å²) in [7, 11) is 0. The minimum Gasteiger partial charge on any atom is -0.211 e. The first kappa shape index (κ1) is 16.1. The topological polar surface area (TPSA) is 58.9 Å². The number of hydrogen-bond donors (Lipinski definition) is 0. The third-order valence-corrected chi connectivity index (χ3v) is 4.96. The molecule has 0 N–H and O–H groups in total. The maximum absolute atomic E-state index is 10.5. The van der Waals surface area contributed by atoms with E-state index >= 15 is 0 Å². The van der Waals surface area contributed by atoms with Crippen molar-refractivity contribution in [1.82, 2.24) is 0 Å². The van der Waals surface area contributed by atoms with Crippen LogP contribution in [0, 0.1) is 0 Å². The second kappa shape index (κ2) is 7.18. The second-order valence-electron chi connectivity index (χ2n) is 6.15. The van der Waals surface area contributed by atoms with Gasteiger partial charge in [0.05, 0.1) is 11.7 Å². The summed E-state index contributed by atoms with van der Waals surface area (Å²) in [5, 5.41) is 0.